The molecule has 0 aromatic rings. The zero-order valence-corrected chi connectivity index (χ0v) is 11.0. The van der Waals surface area contributed by atoms with E-state index >= 15 is 0 Å². The Hall–Kier alpha value is -0.610. The van der Waals surface area contributed by atoms with Crippen molar-refractivity contribution < 1.29 is 15.0 Å². The number of carbonyl (C=O) groups is 1. The third-order valence-corrected chi connectivity index (χ3v) is 4.51. The van der Waals surface area contributed by atoms with Gasteiger partial charge < -0.3 is 15.5 Å². The van der Waals surface area contributed by atoms with Gasteiger partial charge in [-0.15, -0.1) is 0 Å². The summed E-state index contributed by atoms with van der Waals surface area (Å²) in [5, 5.41) is 21.7. The number of carbonyl (C=O) groups excluding carboxylic acids is 1. The molecule has 4 heteroatoms. The summed E-state index contributed by atoms with van der Waals surface area (Å²) >= 11 is 0. The van der Waals surface area contributed by atoms with Gasteiger partial charge in [0, 0.05) is 25.0 Å². The average Bonchev–Trinajstić information content (AvgIpc) is 2.96. The number of rotatable bonds is 5. The van der Waals surface area contributed by atoms with Crippen LogP contribution in [0, 0.1) is 11.8 Å². The van der Waals surface area contributed by atoms with Crippen molar-refractivity contribution >= 4 is 5.91 Å². The average molecular weight is 255 g/mol. The Labute approximate surface area is 109 Å². The minimum atomic E-state index is -0.463. The van der Waals surface area contributed by atoms with Crippen molar-refractivity contribution in [2.24, 2.45) is 11.8 Å². The third-order valence-electron chi connectivity index (χ3n) is 4.51. The van der Waals surface area contributed by atoms with Gasteiger partial charge in [0.2, 0.25) is 5.91 Å². The standard InChI is InChI=1S/C14H25NO3/c16-9-11-7-12(8-13(11)17)15-14(18)6-5-10-3-1-2-4-10/h10-13,16-17H,1-9H2,(H,15,18)/t11-,12-,13-/m1/s1. The van der Waals surface area contributed by atoms with Crippen LogP contribution in [0.4, 0.5) is 0 Å². The number of aliphatic hydroxyl groups excluding tert-OH is 2. The smallest absolute Gasteiger partial charge is 0.220 e. The Balaban J connectivity index is 1.65. The molecule has 0 unspecified atom stereocenters. The SMILES string of the molecule is O=C(CCC1CCCC1)N[C@@H]1C[C@H](CO)[C@H](O)C1. The molecule has 0 aromatic carbocycles. The van der Waals surface area contributed by atoms with E-state index in [0.29, 0.717) is 19.3 Å². The molecule has 0 aromatic heterocycles. The van der Waals surface area contributed by atoms with Crippen molar-refractivity contribution in [2.75, 3.05) is 6.61 Å². The number of hydrogen-bond acceptors (Lipinski definition) is 3. The zero-order chi connectivity index (χ0) is 13.0. The van der Waals surface area contributed by atoms with Crippen molar-refractivity contribution in [1.29, 1.82) is 0 Å². The van der Waals surface area contributed by atoms with Gasteiger partial charge in [-0.1, -0.05) is 25.7 Å². The van der Waals surface area contributed by atoms with Gasteiger partial charge >= 0.3 is 0 Å². The Kier molecular flexibility index (Phi) is 5.01. The molecule has 0 bridgehead atoms. The molecule has 2 rings (SSSR count). The largest absolute Gasteiger partial charge is 0.396 e. The van der Waals surface area contributed by atoms with Crippen LogP contribution >= 0.6 is 0 Å². The van der Waals surface area contributed by atoms with Gasteiger partial charge in [-0.25, -0.2) is 0 Å². The van der Waals surface area contributed by atoms with Crippen LogP contribution in [0.15, 0.2) is 0 Å². The summed E-state index contributed by atoms with van der Waals surface area (Å²) in [4.78, 5) is 11.8. The Morgan fingerprint density at radius 1 is 1.22 bits per heavy atom. The van der Waals surface area contributed by atoms with Gasteiger partial charge in [0.15, 0.2) is 0 Å². The molecule has 0 spiro atoms. The second kappa shape index (κ2) is 6.53. The molecule has 4 nitrogen and oxygen atoms in total. The highest BCUT2D eigenvalue weighted by molar-refractivity contribution is 5.76. The first-order valence-electron chi connectivity index (χ1n) is 7.27. The van der Waals surface area contributed by atoms with Crippen LogP contribution in [-0.2, 0) is 4.79 Å². The molecule has 18 heavy (non-hydrogen) atoms. The van der Waals surface area contributed by atoms with E-state index in [1.54, 1.807) is 0 Å². The van der Waals surface area contributed by atoms with Crippen molar-refractivity contribution in [2.45, 2.75) is 63.5 Å². The molecule has 0 heterocycles. The van der Waals surface area contributed by atoms with Crippen LogP contribution in [0.3, 0.4) is 0 Å². The lowest BCUT2D eigenvalue weighted by Crippen LogP contribution is -2.33. The van der Waals surface area contributed by atoms with Crippen molar-refractivity contribution in [3.05, 3.63) is 0 Å². The molecule has 2 aliphatic rings. The first kappa shape index (κ1) is 13.8. The first-order chi connectivity index (χ1) is 8.69. The molecule has 0 aliphatic heterocycles. The van der Waals surface area contributed by atoms with E-state index in [1.165, 1.54) is 25.7 Å². The second-order valence-corrected chi connectivity index (χ2v) is 5.94. The van der Waals surface area contributed by atoms with E-state index in [0.717, 1.165) is 12.3 Å². The minimum Gasteiger partial charge on any atom is -0.396 e. The highest BCUT2D eigenvalue weighted by atomic mass is 16.3. The van der Waals surface area contributed by atoms with Gasteiger partial charge in [-0.05, 0) is 25.2 Å². The van der Waals surface area contributed by atoms with Gasteiger partial charge in [-0.2, -0.15) is 0 Å². The second-order valence-electron chi connectivity index (χ2n) is 5.94. The summed E-state index contributed by atoms with van der Waals surface area (Å²) in [6, 6.07) is 0.0493. The van der Waals surface area contributed by atoms with Crippen molar-refractivity contribution in [3.8, 4) is 0 Å². The maximum atomic E-state index is 11.8. The molecular weight excluding hydrogens is 230 g/mol. The van der Waals surface area contributed by atoms with Gasteiger partial charge in [0.25, 0.3) is 0 Å². The highest BCUT2D eigenvalue weighted by Gasteiger charge is 2.33. The number of nitrogens with one attached hydrogen (secondary N) is 1. The zero-order valence-electron chi connectivity index (χ0n) is 11.0. The lowest BCUT2D eigenvalue weighted by Gasteiger charge is -2.13. The van der Waals surface area contributed by atoms with E-state index < -0.39 is 6.10 Å². The van der Waals surface area contributed by atoms with Crippen LogP contribution in [0.2, 0.25) is 0 Å². The van der Waals surface area contributed by atoms with Crippen LogP contribution in [0.25, 0.3) is 0 Å². The lowest BCUT2D eigenvalue weighted by atomic mass is 10.0. The van der Waals surface area contributed by atoms with Crippen LogP contribution in [0.5, 0.6) is 0 Å². The fraction of sp³-hybridized carbons (Fsp3) is 0.929. The molecule has 2 fully saturated rings. The quantitative estimate of drug-likeness (QED) is 0.691. The van der Waals surface area contributed by atoms with E-state index in [1.807, 2.05) is 0 Å². The summed E-state index contributed by atoms with van der Waals surface area (Å²) in [6.45, 7) is 0.00953. The summed E-state index contributed by atoms with van der Waals surface area (Å²) in [7, 11) is 0. The molecule has 2 saturated carbocycles. The molecular formula is C14H25NO3. The third kappa shape index (κ3) is 3.69. The topological polar surface area (TPSA) is 69.6 Å². The molecule has 104 valence electrons. The summed E-state index contributed by atoms with van der Waals surface area (Å²) in [5.41, 5.74) is 0. The first-order valence-corrected chi connectivity index (χ1v) is 7.27. The molecule has 1 amide bonds. The fourth-order valence-corrected chi connectivity index (χ4v) is 3.35. The normalized spacial score (nSPS) is 32.9. The van der Waals surface area contributed by atoms with Crippen molar-refractivity contribution in [1.82, 2.24) is 5.32 Å². The Bertz CT molecular complexity index is 276. The number of aliphatic hydroxyl groups is 2. The maximum Gasteiger partial charge on any atom is 0.220 e. The Morgan fingerprint density at radius 3 is 2.56 bits per heavy atom. The molecule has 2 aliphatic carbocycles. The molecule has 0 saturated heterocycles. The summed E-state index contributed by atoms with van der Waals surface area (Å²) in [6.07, 6.45) is 7.64. The minimum absolute atomic E-state index is 0.00953. The lowest BCUT2D eigenvalue weighted by molar-refractivity contribution is -0.122. The molecule has 3 N–H and O–H groups in total. The highest BCUT2D eigenvalue weighted by Crippen LogP contribution is 2.29. The summed E-state index contributed by atoms with van der Waals surface area (Å²) < 4.78 is 0. The maximum absolute atomic E-state index is 11.8. The summed E-state index contributed by atoms with van der Waals surface area (Å²) in [5.74, 6) is 0.790. The Morgan fingerprint density at radius 2 is 1.94 bits per heavy atom. The van der Waals surface area contributed by atoms with E-state index in [4.69, 9.17) is 5.11 Å². The van der Waals surface area contributed by atoms with Gasteiger partial charge in [0.05, 0.1) is 6.10 Å². The van der Waals surface area contributed by atoms with Gasteiger partial charge in [-0.3, -0.25) is 4.79 Å². The van der Waals surface area contributed by atoms with Crippen LogP contribution in [-0.4, -0.2) is 34.9 Å². The van der Waals surface area contributed by atoms with Crippen LogP contribution < -0.4 is 5.32 Å². The van der Waals surface area contributed by atoms with E-state index in [9.17, 15) is 9.90 Å². The van der Waals surface area contributed by atoms with E-state index in [2.05, 4.69) is 5.32 Å². The van der Waals surface area contributed by atoms with Crippen LogP contribution in [0.1, 0.15) is 51.4 Å². The number of amides is 1. The number of hydrogen-bond donors (Lipinski definition) is 3. The molecule has 0 radical (unpaired) electrons. The van der Waals surface area contributed by atoms with E-state index in [-0.39, 0.29) is 24.5 Å². The monoisotopic (exact) mass is 255 g/mol. The fourth-order valence-electron chi connectivity index (χ4n) is 3.35. The van der Waals surface area contributed by atoms with Crippen molar-refractivity contribution in [3.63, 3.8) is 0 Å². The predicted octanol–water partition coefficient (Wildman–Crippen LogP) is 1.20. The molecule has 3 atom stereocenters. The predicted molar refractivity (Wildman–Crippen MR) is 68.9 cm³/mol. The van der Waals surface area contributed by atoms with Gasteiger partial charge in [0.1, 0.15) is 0 Å².